The number of hydrogen-bond acceptors (Lipinski definition) is 4. The molecule has 1 saturated carbocycles. The molecule has 1 aromatic carbocycles. The summed E-state index contributed by atoms with van der Waals surface area (Å²) in [5.74, 6) is -0.521. The van der Waals surface area contributed by atoms with Gasteiger partial charge in [0.15, 0.2) is 5.65 Å². The molecule has 2 heterocycles. The third-order valence-electron chi connectivity index (χ3n) is 5.18. The van der Waals surface area contributed by atoms with E-state index in [-0.39, 0.29) is 36.4 Å². The number of halogens is 1. The van der Waals surface area contributed by atoms with E-state index in [1.807, 2.05) is 0 Å². The summed E-state index contributed by atoms with van der Waals surface area (Å²) >= 11 is 0. The zero-order valence-electron chi connectivity index (χ0n) is 15.5. The molecule has 0 radical (unpaired) electrons. The summed E-state index contributed by atoms with van der Waals surface area (Å²) in [6.45, 7) is 0.103. The van der Waals surface area contributed by atoms with Crippen LogP contribution in [0.4, 0.5) is 4.39 Å². The van der Waals surface area contributed by atoms with E-state index in [1.165, 1.54) is 34.3 Å². The summed E-state index contributed by atoms with van der Waals surface area (Å²) in [4.78, 5) is 29.3. The Morgan fingerprint density at radius 2 is 2.00 bits per heavy atom. The molecule has 8 heteroatoms. The van der Waals surface area contributed by atoms with Crippen molar-refractivity contribution in [3.05, 3.63) is 58.5 Å². The number of carbonyl (C=O) groups is 1. The molecule has 0 aliphatic heterocycles. The first kappa shape index (κ1) is 18.3. The number of benzene rings is 1. The van der Waals surface area contributed by atoms with E-state index < -0.39 is 0 Å². The Labute approximate surface area is 161 Å². The maximum atomic E-state index is 13.9. The second-order valence-corrected chi connectivity index (χ2v) is 7.21. The lowest BCUT2D eigenvalue weighted by Gasteiger charge is -2.22. The number of carbonyl (C=O) groups excluding carboxylic acids is 1. The average Bonchev–Trinajstić information content (AvgIpc) is 3.10. The van der Waals surface area contributed by atoms with Crippen LogP contribution in [0.3, 0.4) is 0 Å². The van der Waals surface area contributed by atoms with E-state index in [4.69, 9.17) is 0 Å². The minimum Gasteiger partial charge on any atom is -0.352 e. The van der Waals surface area contributed by atoms with Crippen molar-refractivity contribution in [2.75, 3.05) is 0 Å². The van der Waals surface area contributed by atoms with Crippen LogP contribution in [-0.4, -0.2) is 31.3 Å². The molecule has 1 fully saturated rings. The number of amides is 1. The van der Waals surface area contributed by atoms with Crippen molar-refractivity contribution in [3.63, 3.8) is 0 Å². The molecule has 1 amide bonds. The van der Waals surface area contributed by atoms with Gasteiger partial charge in [0, 0.05) is 11.6 Å². The van der Waals surface area contributed by atoms with Crippen molar-refractivity contribution in [2.45, 2.75) is 51.2 Å². The number of fused-ring (bicyclic) bond motifs is 1. The fourth-order valence-electron chi connectivity index (χ4n) is 3.69. The van der Waals surface area contributed by atoms with Gasteiger partial charge in [0.25, 0.3) is 5.56 Å². The normalized spacial score (nSPS) is 15.0. The molecule has 0 unspecified atom stereocenters. The lowest BCUT2D eigenvalue weighted by Crippen LogP contribution is -2.39. The van der Waals surface area contributed by atoms with Crippen LogP contribution in [0.25, 0.3) is 11.0 Å². The molecular weight excluding hydrogens is 361 g/mol. The van der Waals surface area contributed by atoms with Gasteiger partial charge in [-0.3, -0.25) is 14.2 Å². The summed E-state index contributed by atoms with van der Waals surface area (Å²) in [6.07, 6.45) is 8.20. The smallest absolute Gasteiger partial charge is 0.264 e. The van der Waals surface area contributed by atoms with Crippen LogP contribution in [0.5, 0.6) is 0 Å². The van der Waals surface area contributed by atoms with Crippen molar-refractivity contribution in [3.8, 4) is 0 Å². The summed E-state index contributed by atoms with van der Waals surface area (Å²) < 4.78 is 16.7. The van der Waals surface area contributed by atoms with Gasteiger partial charge in [-0.15, -0.1) is 0 Å². The maximum absolute atomic E-state index is 13.9. The predicted octanol–water partition coefficient (Wildman–Crippen LogP) is 2.23. The van der Waals surface area contributed by atoms with Gasteiger partial charge in [-0.1, -0.05) is 37.5 Å². The highest BCUT2D eigenvalue weighted by atomic mass is 19.1. The molecule has 0 bridgehead atoms. The molecule has 1 N–H and O–H groups in total. The average molecular weight is 383 g/mol. The molecule has 3 aromatic rings. The molecule has 4 rings (SSSR count). The van der Waals surface area contributed by atoms with Crippen molar-refractivity contribution < 1.29 is 9.18 Å². The Bertz CT molecular complexity index is 1050. The van der Waals surface area contributed by atoms with Crippen LogP contribution in [0.1, 0.15) is 37.7 Å². The molecule has 0 atom stereocenters. The Morgan fingerprint density at radius 1 is 1.21 bits per heavy atom. The van der Waals surface area contributed by atoms with Crippen LogP contribution in [0.15, 0.2) is 41.6 Å². The van der Waals surface area contributed by atoms with E-state index in [0.29, 0.717) is 16.6 Å². The number of aromatic nitrogens is 4. The van der Waals surface area contributed by atoms with Crippen LogP contribution < -0.4 is 10.9 Å². The van der Waals surface area contributed by atoms with Gasteiger partial charge < -0.3 is 5.32 Å². The molecule has 1 aliphatic rings. The summed E-state index contributed by atoms with van der Waals surface area (Å²) in [6, 6.07) is 6.61. The fourth-order valence-corrected chi connectivity index (χ4v) is 3.69. The van der Waals surface area contributed by atoms with E-state index >= 15 is 0 Å². The highest BCUT2D eigenvalue weighted by molar-refractivity contribution is 5.77. The molecular formula is C20H22FN5O2. The summed E-state index contributed by atoms with van der Waals surface area (Å²) in [7, 11) is 0. The maximum Gasteiger partial charge on any atom is 0.264 e. The molecule has 146 valence electrons. The molecule has 0 saturated heterocycles. The first-order valence-electron chi connectivity index (χ1n) is 9.55. The number of rotatable bonds is 5. The quantitative estimate of drug-likeness (QED) is 0.733. The minimum absolute atomic E-state index is 0.0727. The standard InChI is InChI=1S/C20H22FN5O2/c21-17-9-5-4-6-14(17)11-26-19-16(10-23-26)20(28)25(13-22-19)12-18(27)24-15-7-2-1-3-8-15/h4-6,9-10,13,15H,1-3,7-8,11-12H2,(H,24,27). The monoisotopic (exact) mass is 383 g/mol. The van der Waals surface area contributed by atoms with Gasteiger partial charge in [0.05, 0.1) is 12.7 Å². The molecule has 28 heavy (non-hydrogen) atoms. The SMILES string of the molecule is O=C(Cn1cnc2c(cnn2Cc2ccccc2F)c1=O)NC1CCCCC1. The van der Waals surface area contributed by atoms with Crippen LogP contribution in [-0.2, 0) is 17.9 Å². The van der Waals surface area contributed by atoms with Gasteiger partial charge in [-0.2, -0.15) is 5.10 Å². The lowest BCUT2D eigenvalue weighted by atomic mass is 9.95. The van der Waals surface area contributed by atoms with E-state index in [0.717, 1.165) is 25.7 Å². The van der Waals surface area contributed by atoms with Crippen molar-refractivity contribution in [1.29, 1.82) is 0 Å². The fraction of sp³-hybridized carbons (Fsp3) is 0.400. The summed E-state index contributed by atoms with van der Waals surface area (Å²) in [5.41, 5.74) is 0.506. The van der Waals surface area contributed by atoms with Gasteiger partial charge in [-0.25, -0.2) is 14.1 Å². The molecule has 0 spiro atoms. The Balaban J connectivity index is 1.52. The Morgan fingerprint density at radius 3 is 2.79 bits per heavy atom. The minimum atomic E-state index is -0.334. The molecule has 7 nitrogen and oxygen atoms in total. The van der Waals surface area contributed by atoms with E-state index in [2.05, 4.69) is 15.4 Å². The highest BCUT2D eigenvalue weighted by Gasteiger charge is 2.17. The third kappa shape index (κ3) is 3.81. The van der Waals surface area contributed by atoms with E-state index in [9.17, 15) is 14.0 Å². The lowest BCUT2D eigenvalue weighted by molar-refractivity contribution is -0.122. The van der Waals surface area contributed by atoms with Gasteiger partial charge in [0.2, 0.25) is 5.91 Å². The topological polar surface area (TPSA) is 81.8 Å². The van der Waals surface area contributed by atoms with Crippen molar-refractivity contribution >= 4 is 16.9 Å². The number of nitrogens with zero attached hydrogens (tertiary/aromatic N) is 4. The van der Waals surface area contributed by atoms with Crippen LogP contribution >= 0.6 is 0 Å². The first-order valence-corrected chi connectivity index (χ1v) is 9.55. The third-order valence-corrected chi connectivity index (χ3v) is 5.18. The van der Waals surface area contributed by atoms with Crippen LogP contribution in [0.2, 0.25) is 0 Å². The molecule has 1 aliphatic carbocycles. The Kier molecular flexibility index (Phi) is 5.18. The van der Waals surface area contributed by atoms with Gasteiger partial charge in [-0.05, 0) is 18.9 Å². The van der Waals surface area contributed by atoms with Crippen LogP contribution in [0, 0.1) is 5.82 Å². The molecule has 2 aromatic heterocycles. The van der Waals surface area contributed by atoms with Gasteiger partial charge >= 0.3 is 0 Å². The number of nitrogens with one attached hydrogen (secondary N) is 1. The predicted molar refractivity (Wildman–Crippen MR) is 102 cm³/mol. The zero-order chi connectivity index (χ0) is 19.5. The second kappa shape index (κ2) is 7.92. The largest absolute Gasteiger partial charge is 0.352 e. The second-order valence-electron chi connectivity index (χ2n) is 7.21. The zero-order valence-corrected chi connectivity index (χ0v) is 15.5. The Hall–Kier alpha value is -3.03. The first-order chi connectivity index (χ1) is 13.6. The highest BCUT2D eigenvalue weighted by Crippen LogP contribution is 2.17. The van der Waals surface area contributed by atoms with E-state index in [1.54, 1.807) is 18.2 Å². The summed E-state index contributed by atoms with van der Waals surface area (Å²) in [5, 5.41) is 7.49. The van der Waals surface area contributed by atoms with Crippen molar-refractivity contribution in [1.82, 2.24) is 24.6 Å². The van der Waals surface area contributed by atoms with Gasteiger partial charge in [0.1, 0.15) is 24.1 Å². The van der Waals surface area contributed by atoms with Crippen molar-refractivity contribution in [2.24, 2.45) is 0 Å². The number of hydrogen-bond donors (Lipinski definition) is 1.